The lowest BCUT2D eigenvalue weighted by molar-refractivity contribution is 0.774. The average molecular weight is 409 g/mol. The first-order valence-electron chi connectivity index (χ1n) is 10.1. The fraction of sp³-hybridized carbons (Fsp3) is 0.208. The lowest BCUT2D eigenvalue weighted by atomic mass is 9.99. The summed E-state index contributed by atoms with van der Waals surface area (Å²) >= 11 is 0. The standard InChI is InChI=1S/C24H23N7/c1-16(2)22-14-26-15-23(29-22)30-24-20(13-28-31(24)3)21-9-8-18(12-27-21)19-7-5-4-6-17(19)10-11-25/h4-9,12-16H,10H2,1-3H3,(H,29,30). The van der Waals surface area contributed by atoms with Crippen LogP contribution in [0.1, 0.15) is 31.0 Å². The Kier molecular flexibility index (Phi) is 5.72. The highest BCUT2D eigenvalue weighted by Crippen LogP contribution is 2.30. The van der Waals surface area contributed by atoms with Gasteiger partial charge in [0.15, 0.2) is 0 Å². The van der Waals surface area contributed by atoms with Crippen LogP contribution in [0.25, 0.3) is 22.4 Å². The van der Waals surface area contributed by atoms with E-state index in [0.29, 0.717) is 18.2 Å². The van der Waals surface area contributed by atoms with Gasteiger partial charge in [-0.25, -0.2) is 4.98 Å². The number of aromatic nitrogens is 5. The second kappa shape index (κ2) is 8.76. The van der Waals surface area contributed by atoms with Crippen LogP contribution in [0.3, 0.4) is 0 Å². The molecule has 0 unspecified atom stereocenters. The normalized spacial score (nSPS) is 10.8. The summed E-state index contributed by atoms with van der Waals surface area (Å²) in [6.07, 6.45) is 7.47. The smallest absolute Gasteiger partial charge is 0.150 e. The minimum absolute atomic E-state index is 0.290. The van der Waals surface area contributed by atoms with Gasteiger partial charge in [-0.2, -0.15) is 10.4 Å². The van der Waals surface area contributed by atoms with Crippen molar-refractivity contribution in [1.82, 2.24) is 24.7 Å². The molecule has 3 aromatic heterocycles. The van der Waals surface area contributed by atoms with Gasteiger partial charge in [-0.3, -0.25) is 14.6 Å². The molecule has 4 rings (SSSR count). The summed E-state index contributed by atoms with van der Waals surface area (Å²) in [6.45, 7) is 4.17. The molecule has 0 amide bonds. The predicted molar refractivity (Wildman–Crippen MR) is 121 cm³/mol. The first kappa shape index (κ1) is 20.2. The molecule has 4 aromatic rings. The summed E-state index contributed by atoms with van der Waals surface area (Å²) in [4.78, 5) is 13.6. The highest BCUT2D eigenvalue weighted by atomic mass is 15.3. The maximum absolute atomic E-state index is 9.09. The van der Waals surface area contributed by atoms with E-state index in [4.69, 9.17) is 5.26 Å². The second-order valence-corrected chi connectivity index (χ2v) is 7.56. The molecular formula is C24H23N7. The lowest BCUT2D eigenvalue weighted by Crippen LogP contribution is -2.04. The maximum atomic E-state index is 9.09. The minimum atomic E-state index is 0.290. The number of pyridine rings is 1. The molecule has 31 heavy (non-hydrogen) atoms. The Morgan fingerprint density at radius 3 is 2.61 bits per heavy atom. The molecule has 154 valence electrons. The quantitative estimate of drug-likeness (QED) is 0.488. The van der Waals surface area contributed by atoms with E-state index in [2.05, 4.69) is 45.3 Å². The molecule has 1 N–H and O–H groups in total. The topological polar surface area (TPSA) is 92.3 Å². The number of anilines is 2. The van der Waals surface area contributed by atoms with E-state index in [-0.39, 0.29) is 0 Å². The van der Waals surface area contributed by atoms with Crippen molar-refractivity contribution in [3.05, 3.63) is 72.4 Å². The van der Waals surface area contributed by atoms with Crippen molar-refractivity contribution in [3.63, 3.8) is 0 Å². The predicted octanol–water partition coefficient (Wildman–Crippen LogP) is 4.87. The molecule has 0 fully saturated rings. The molecule has 7 nitrogen and oxygen atoms in total. The van der Waals surface area contributed by atoms with Crippen LogP contribution in [0.2, 0.25) is 0 Å². The molecule has 1 aromatic carbocycles. The Balaban J connectivity index is 1.65. The molecule has 0 aliphatic rings. The Bertz CT molecular complexity index is 1230. The molecule has 0 atom stereocenters. The van der Waals surface area contributed by atoms with E-state index in [0.717, 1.165) is 39.5 Å². The van der Waals surface area contributed by atoms with Crippen molar-refractivity contribution in [2.45, 2.75) is 26.2 Å². The third kappa shape index (κ3) is 4.28. The van der Waals surface area contributed by atoms with Crippen molar-refractivity contribution in [2.75, 3.05) is 5.32 Å². The van der Waals surface area contributed by atoms with Gasteiger partial charge < -0.3 is 5.32 Å². The van der Waals surface area contributed by atoms with Gasteiger partial charge in [-0.1, -0.05) is 44.2 Å². The fourth-order valence-corrected chi connectivity index (χ4v) is 3.37. The van der Waals surface area contributed by atoms with Crippen molar-refractivity contribution >= 4 is 11.6 Å². The van der Waals surface area contributed by atoms with Crippen LogP contribution in [-0.4, -0.2) is 24.7 Å². The summed E-state index contributed by atoms with van der Waals surface area (Å²) in [6, 6.07) is 14.1. The molecule has 0 saturated heterocycles. The Labute approximate surface area is 181 Å². The highest BCUT2D eigenvalue weighted by Gasteiger charge is 2.14. The van der Waals surface area contributed by atoms with E-state index in [1.807, 2.05) is 49.6 Å². The van der Waals surface area contributed by atoms with Crippen LogP contribution in [0.4, 0.5) is 11.6 Å². The zero-order valence-corrected chi connectivity index (χ0v) is 17.7. The van der Waals surface area contributed by atoms with Gasteiger partial charge in [0.05, 0.1) is 41.8 Å². The minimum Gasteiger partial charge on any atom is -0.323 e. The van der Waals surface area contributed by atoms with E-state index < -0.39 is 0 Å². The van der Waals surface area contributed by atoms with E-state index in [1.54, 1.807) is 23.3 Å². The van der Waals surface area contributed by atoms with Crippen LogP contribution in [0.5, 0.6) is 0 Å². The van der Waals surface area contributed by atoms with Crippen LogP contribution >= 0.6 is 0 Å². The molecular weight excluding hydrogens is 386 g/mol. The largest absolute Gasteiger partial charge is 0.323 e. The van der Waals surface area contributed by atoms with Gasteiger partial charge in [-0.15, -0.1) is 0 Å². The summed E-state index contributed by atoms with van der Waals surface area (Å²) < 4.78 is 1.76. The van der Waals surface area contributed by atoms with Crippen LogP contribution in [0.15, 0.2) is 61.2 Å². The molecule has 0 saturated carbocycles. The number of rotatable bonds is 6. The number of aryl methyl sites for hydroxylation is 1. The van der Waals surface area contributed by atoms with Crippen LogP contribution < -0.4 is 5.32 Å². The molecule has 0 bridgehead atoms. The number of hydrogen-bond acceptors (Lipinski definition) is 6. The zero-order chi connectivity index (χ0) is 21.8. The van der Waals surface area contributed by atoms with Gasteiger partial charge in [0, 0.05) is 25.0 Å². The van der Waals surface area contributed by atoms with Gasteiger partial charge in [0.1, 0.15) is 11.6 Å². The van der Waals surface area contributed by atoms with Gasteiger partial charge >= 0.3 is 0 Å². The van der Waals surface area contributed by atoms with E-state index in [1.165, 1.54) is 0 Å². The Morgan fingerprint density at radius 2 is 1.87 bits per heavy atom. The summed E-state index contributed by atoms with van der Waals surface area (Å²) in [5.74, 6) is 1.75. The first-order valence-corrected chi connectivity index (χ1v) is 10.1. The zero-order valence-electron chi connectivity index (χ0n) is 17.7. The lowest BCUT2D eigenvalue weighted by Gasteiger charge is -2.11. The monoisotopic (exact) mass is 409 g/mol. The summed E-state index contributed by atoms with van der Waals surface area (Å²) in [7, 11) is 1.87. The molecule has 7 heteroatoms. The summed E-state index contributed by atoms with van der Waals surface area (Å²) in [5, 5.41) is 16.8. The van der Waals surface area contributed by atoms with Crippen LogP contribution in [0, 0.1) is 11.3 Å². The van der Waals surface area contributed by atoms with Crippen molar-refractivity contribution in [2.24, 2.45) is 7.05 Å². The van der Waals surface area contributed by atoms with Crippen molar-refractivity contribution in [1.29, 1.82) is 5.26 Å². The van der Waals surface area contributed by atoms with Gasteiger partial charge in [0.25, 0.3) is 0 Å². The third-order valence-corrected chi connectivity index (χ3v) is 5.07. The molecule has 0 aliphatic carbocycles. The highest BCUT2D eigenvalue weighted by molar-refractivity contribution is 5.77. The Hall–Kier alpha value is -4.05. The molecule has 3 heterocycles. The Morgan fingerprint density at radius 1 is 1.03 bits per heavy atom. The molecule has 0 aliphatic heterocycles. The fourth-order valence-electron chi connectivity index (χ4n) is 3.37. The van der Waals surface area contributed by atoms with Crippen molar-refractivity contribution in [3.8, 4) is 28.5 Å². The molecule has 0 radical (unpaired) electrons. The van der Waals surface area contributed by atoms with Gasteiger partial charge in [-0.05, 0) is 23.1 Å². The summed E-state index contributed by atoms with van der Waals surface area (Å²) in [5.41, 5.74) is 5.58. The second-order valence-electron chi connectivity index (χ2n) is 7.56. The van der Waals surface area contributed by atoms with Gasteiger partial charge in [0.2, 0.25) is 0 Å². The first-order chi connectivity index (χ1) is 15.1. The average Bonchev–Trinajstić information content (AvgIpc) is 3.15. The number of nitrogens with one attached hydrogen (secondary N) is 1. The molecule has 0 spiro atoms. The number of nitrogens with zero attached hydrogens (tertiary/aromatic N) is 6. The number of hydrogen-bond donors (Lipinski definition) is 1. The van der Waals surface area contributed by atoms with Crippen LogP contribution in [-0.2, 0) is 13.5 Å². The third-order valence-electron chi connectivity index (χ3n) is 5.07. The maximum Gasteiger partial charge on any atom is 0.150 e. The SMILES string of the molecule is CC(C)c1cncc(Nc2c(-c3ccc(-c4ccccc4CC#N)cn3)cnn2C)n1. The van der Waals surface area contributed by atoms with E-state index in [9.17, 15) is 0 Å². The van der Waals surface area contributed by atoms with E-state index >= 15 is 0 Å². The number of nitriles is 1. The van der Waals surface area contributed by atoms with Crippen molar-refractivity contribution < 1.29 is 0 Å². The number of benzene rings is 1.